The Kier molecular flexibility index (Phi) is 5.43. The van der Waals surface area contributed by atoms with Gasteiger partial charge in [-0.05, 0) is 24.1 Å². The van der Waals surface area contributed by atoms with E-state index in [-0.39, 0.29) is 11.9 Å². The summed E-state index contributed by atoms with van der Waals surface area (Å²) in [5.74, 6) is -1.71. The molecule has 24 heavy (non-hydrogen) atoms. The van der Waals surface area contributed by atoms with Gasteiger partial charge >= 0.3 is 0 Å². The molecule has 0 radical (unpaired) electrons. The summed E-state index contributed by atoms with van der Waals surface area (Å²) in [6, 6.07) is 3.62. The minimum Gasteiger partial charge on any atom is -0.392 e. The topological polar surface area (TPSA) is 53.0 Å². The van der Waals surface area contributed by atoms with Crippen molar-refractivity contribution in [2.24, 2.45) is 0 Å². The molecule has 2 aliphatic rings. The van der Waals surface area contributed by atoms with Crippen LogP contribution in [0.15, 0.2) is 18.2 Å². The SMILES string of the molecule is O=C(CCN1C[C@H](O)C[C@H]1c1ccc(F)c(F)c1)N1CCOCC1. The molecule has 0 bridgehead atoms. The summed E-state index contributed by atoms with van der Waals surface area (Å²) in [5, 5.41) is 9.95. The second-order valence-electron chi connectivity index (χ2n) is 6.32. The van der Waals surface area contributed by atoms with Crippen molar-refractivity contribution in [3.8, 4) is 0 Å². The average Bonchev–Trinajstić information content (AvgIpc) is 2.97. The highest BCUT2D eigenvalue weighted by Crippen LogP contribution is 2.32. The Labute approximate surface area is 139 Å². The van der Waals surface area contributed by atoms with Gasteiger partial charge in [-0.25, -0.2) is 8.78 Å². The molecule has 1 aromatic carbocycles. The Balaban J connectivity index is 1.62. The Morgan fingerprint density at radius 2 is 2.00 bits per heavy atom. The number of amides is 1. The second-order valence-corrected chi connectivity index (χ2v) is 6.32. The molecule has 0 unspecified atom stereocenters. The Hall–Kier alpha value is -1.57. The third kappa shape index (κ3) is 3.91. The number of nitrogens with zero attached hydrogens (tertiary/aromatic N) is 2. The van der Waals surface area contributed by atoms with Crippen molar-refractivity contribution in [3.05, 3.63) is 35.4 Å². The zero-order valence-electron chi connectivity index (χ0n) is 13.5. The number of rotatable bonds is 4. The molecule has 3 rings (SSSR count). The van der Waals surface area contributed by atoms with Crippen LogP contribution in [-0.4, -0.2) is 66.3 Å². The van der Waals surface area contributed by atoms with E-state index in [9.17, 15) is 18.7 Å². The van der Waals surface area contributed by atoms with E-state index in [0.29, 0.717) is 57.8 Å². The number of carbonyl (C=O) groups is 1. The normalized spacial score (nSPS) is 25.2. The predicted octanol–water partition coefficient (Wildman–Crippen LogP) is 1.32. The van der Waals surface area contributed by atoms with Gasteiger partial charge in [0.05, 0.1) is 19.3 Å². The fourth-order valence-corrected chi connectivity index (χ4v) is 3.40. The molecule has 1 N–H and O–H groups in total. The van der Waals surface area contributed by atoms with Crippen LogP contribution in [0, 0.1) is 11.6 Å². The standard InChI is InChI=1S/C17H22F2N2O3/c18-14-2-1-12(9-15(14)19)16-10-13(22)11-21(16)4-3-17(23)20-5-7-24-8-6-20/h1-2,9,13,16,22H,3-8,10-11H2/t13-,16+/m1/s1. The summed E-state index contributed by atoms with van der Waals surface area (Å²) in [6.45, 7) is 3.25. The second kappa shape index (κ2) is 7.55. The molecule has 5 nitrogen and oxygen atoms in total. The molecule has 1 aromatic rings. The third-order valence-electron chi connectivity index (χ3n) is 4.69. The number of aliphatic hydroxyl groups is 1. The Morgan fingerprint density at radius 1 is 1.25 bits per heavy atom. The van der Waals surface area contributed by atoms with E-state index in [1.54, 1.807) is 4.90 Å². The maximum absolute atomic E-state index is 13.5. The van der Waals surface area contributed by atoms with E-state index >= 15 is 0 Å². The van der Waals surface area contributed by atoms with Crippen LogP contribution in [0.3, 0.4) is 0 Å². The van der Waals surface area contributed by atoms with Crippen molar-refractivity contribution in [3.63, 3.8) is 0 Å². The summed E-state index contributed by atoms with van der Waals surface area (Å²) in [4.78, 5) is 16.0. The van der Waals surface area contributed by atoms with Gasteiger partial charge in [-0.2, -0.15) is 0 Å². The molecule has 2 saturated heterocycles. The molecule has 0 aliphatic carbocycles. The third-order valence-corrected chi connectivity index (χ3v) is 4.69. The lowest BCUT2D eigenvalue weighted by Crippen LogP contribution is -2.42. The molecule has 2 heterocycles. The van der Waals surface area contributed by atoms with Crippen molar-refractivity contribution < 1.29 is 23.4 Å². The van der Waals surface area contributed by atoms with Crippen LogP contribution in [0.5, 0.6) is 0 Å². The van der Waals surface area contributed by atoms with Gasteiger partial charge in [0, 0.05) is 38.6 Å². The van der Waals surface area contributed by atoms with Crippen LogP contribution >= 0.6 is 0 Å². The number of aliphatic hydroxyl groups excluding tert-OH is 1. The van der Waals surface area contributed by atoms with Crippen molar-refractivity contribution in [1.82, 2.24) is 9.80 Å². The summed E-state index contributed by atoms with van der Waals surface area (Å²) in [7, 11) is 0. The molecule has 132 valence electrons. The average molecular weight is 340 g/mol. The zero-order valence-corrected chi connectivity index (χ0v) is 13.5. The summed E-state index contributed by atoms with van der Waals surface area (Å²) in [6.07, 6.45) is 0.269. The molecule has 0 aromatic heterocycles. The first kappa shape index (κ1) is 17.3. The molecular formula is C17H22F2N2O3. The molecule has 2 fully saturated rings. The Morgan fingerprint density at radius 3 is 2.71 bits per heavy atom. The minimum atomic E-state index is -0.891. The first-order valence-electron chi connectivity index (χ1n) is 8.27. The summed E-state index contributed by atoms with van der Waals surface area (Å²) in [5.41, 5.74) is 0.629. The van der Waals surface area contributed by atoms with E-state index in [1.807, 2.05) is 4.90 Å². The molecule has 2 atom stereocenters. The van der Waals surface area contributed by atoms with Gasteiger partial charge < -0.3 is 14.7 Å². The highest BCUT2D eigenvalue weighted by atomic mass is 19.2. The number of benzene rings is 1. The number of likely N-dealkylation sites (tertiary alicyclic amines) is 1. The fraction of sp³-hybridized carbons (Fsp3) is 0.588. The fourth-order valence-electron chi connectivity index (χ4n) is 3.40. The molecule has 1 amide bonds. The van der Waals surface area contributed by atoms with E-state index in [2.05, 4.69) is 0 Å². The zero-order chi connectivity index (χ0) is 17.1. The van der Waals surface area contributed by atoms with Gasteiger partial charge in [-0.3, -0.25) is 9.69 Å². The lowest BCUT2D eigenvalue weighted by Gasteiger charge is -2.29. The lowest BCUT2D eigenvalue weighted by molar-refractivity contribution is -0.135. The lowest BCUT2D eigenvalue weighted by atomic mass is 10.0. The number of β-amino-alcohol motifs (C(OH)–C–C–N with tert-alkyl or cyclic N) is 1. The summed E-state index contributed by atoms with van der Waals surface area (Å²) >= 11 is 0. The highest BCUT2D eigenvalue weighted by Gasteiger charge is 2.33. The quantitative estimate of drug-likeness (QED) is 0.898. The van der Waals surface area contributed by atoms with Crippen LogP contribution in [-0.2, 0) is 9.53 Å². The van der Waals surface area contributed by atoms with Crippen LogP contribution in [0.2, 0.25) is 0 Å². The van der Waals surface area contributed by atoms with E-state index in [0.717, 1.165) is 6.07 Å². The summed E-state index contributed by atoms with van der Waals surface area (Å²) < 4.78 is 31.8. The molecule has 2 aliphatic heterocycles. The number of carbonyl (C=O) groups excluding carboxylic acids is 1. The minimum absolute atomic E-state index is 0.0590. The molecule has 0 spiro atoms. The molecule has 7 heteroatoms. The number of morpholine rings is 1. The smallest absolute Gasteiger partial charge is 0.224 e. The van der Waals surface area contributed by atoms with Crippen LogP contribution < -0.4 is 0 Å². The van der Waals surface area contributed by atoms with E-state index in [1.165, 1.54) is 12.1 Å². The van der Waals surface area contributed by atoms with E-state index in [4.69, 9.17) is 4.74 Å². The van der Waals surface area contributed by atoms with Gasteiger partial charge in [0.2, 0.25) is 5.91 Å². The van der Waals surface area contributed by atoms with Crippen molar-refractivity contribution in [2.75, 3.05) is 39.4 Å². The highest BCUT2D eigenvalue weighted by molar-refractivity contribution is 5.76. The predicted molar refractivity (Wildman–Crippen MR) is 83.3 cm³/mol. The first-order chi connectivity index (χ1) is 11.5. The largest absolute Gasteiger partial charge is 0.392 e. The van der Waals surface area contributed by atoms with Crippen molar-refractivity contribution in [1.29, 1.82) is 0 Å². The van der Waals surface area contributed by atoms with Gasteiger partial charge in [0.1, 0.15) is 0 Å². The van der Waals surface area contributed by atoms with Gasteiger partial charge in [-0.15, -0.1) is 0 Å². The van der Waals surface area contributed by atoms with Gasteiger partial charge in [0.15, 0.2) is 11.6 Å². The molecule has 0 saturated carbocycles. The van der Waals surface area contributed by atoms with Crippen molar-refractivity contribution >= 4 is 5.91 Å². The van der Waals surface area contributed by atoms with Crippen LogP contribution in [0.4, 0.5) is 8.78 Å². The van der Waals surface area contributed by atoms with Crippen molar-refractivity contribution in [2.45, 2.75) is 25.0 Å². The first-order valence-corrected chi connectivity index (χ1v) is 8.27. The number of hydrogen-bond donors (Lipinski definition) is 1. The maximum Gasteiger partial charge on any atom is 0.224 e. The number of hydrogen-bond acceptors (Lipinski definition) is 4. The van der Waals surface area contributed by atoms with Gasteiger partial charge in [0.25, 0.3) is 0 Å². The van der Waals surface area contributed by atoms with Crippen LogP contribution in [0.1, 0.15) is 24.4 Å². The number of ether oxygens (including phenoxy) is 1. The Bertz CT molecular complexity index is 593. The van der Waals surface area contributed by atoms with E-state index < -0.39 is 17.7 Å². The number of halogens is 2. The van der Waals surface area contributed by atoms with Crippen LogP contribution in [0.25, 0.3) is 0 Å². The monoisotopic (exact) mass is 340 g/mol. The maximum atomic E-state index is 13.5. The molecular weight excluding hydrogens is 318 g/mol. The van der Waals surface area contributed by atoms with Gasteiger partial charge in [-0.1, -0.05) is 6.07 Å².